The third kappa shape index (κ3) is 3.02. The molecule has 0 aromatic heterocycles. The van der Waals surface area contributed by atoms with Crippen molar-refractivity contribution in [2.45, 2.75) is 32.6 Å². The van der Waals surface area contributed by atoms with Crippen LogP contribution >= 0.6 is 0 Å². The average Bonchev–Trinajstić information content (AvgIpc) is 3.02. The Hall–Kier alpha value is -1.44. The molecule has 0 spiro atoms. The van der Waals surface area contributed by atoms with Crippen LogP contribution in [0.1, 0.15) is 41.6 Å². The zero-order valence-corrected chi connectivity index (χ0v) is 9.53. The summed E-state index contributed by atoms with van der Waals surface area (Å²) in [6.45, 7) is 1.98. The maximum absolute atomic E-state index is 11.7. The Bertz CT molecular complexity index is 399. The van der Waals surface area contributed by atoms with E-state index in [1.54, 1.807) is 12.1 Å². The molecule has 0 unspecified atom stereocenters. The van der Waals surface area contributed by atoms with Crippen molar-refractivity contribution in [2.75, 3.05) is 0 Å². The van der Waals surface area contributed by atoms with E-state index in [4.69, 9.17) is 0 Å². The predicted octanol–water partition coefficient (Wildman–Crippen LogP) is 2.94. The molecule has 1 fully saturated rings. The minimum absolute atomic E-state index is 0.0503. The molecule has 2 heteroatoms. The summed E-state index contributed by atoms with van der Waals surface area (Å²) in [5.74, 6) is 0.608. The van der Waals surface area contributed by atoms with Crippen molar-refractivity contribution < 1.29 is 9.59 Å². The molecule has 1 aromatic carbocycles. The van der Waals surface area contributed by atoms with Gasteiger partial charge in [-0.05, 0) is 25.7 Å². The summed E-state index contributed by atoms with van der Waals surface area (Å²) in [5, 5.41) is 0. The van der Waals surface area contributed by atoms with Crippen LogP contribution in [-0.4, -0.2) is 11.6 Å². The van der Waals surface area contributed by atoms with Crippen molar-refractivity contribution in [3.05, 3.63) is 35.4 Å². The Balaban J connectivity index is 1.91. The van der Waals surface area contributed by atoms with E-state index in [0.717, 1.165) is 18.4 Å². The second-order valence-electron chi connectivity index (χ2n) is 4.65. The van der Waals surface area contributed by atoms with E-state index in [1.807, 2.05) is 19.1 Å². The number of ketones is 2. The molecule has 1 aliphatic rings. The zero-order chi connectivity index (χ0) is 11.5. The summed E-state index contributed by atoms with van der Waals surface area (Å²) in [7, 11) is 0. The summed E-state index contributed by atoms with van der Waals surface area (Å²) < 4.78 is 0. The van der Waals surface area contributed by atoms with Crippen LogP contribution < -0.4 is 0 Å². The van der Waals surface area contributed by atoms with E-state index in [0.29, 0.717) is 17.9 Å². The molecule has 0 N–H and O–H groups in total. The Morgan fingerprint density at radius 3 is 2.38 bits per heavy atom. The molecular weight excluding hydrogens is 200 g/mol. The Kier molecular flexibility index (Phi) is 3.18. The molecule has 0 atom stereocenters. The standard InChI is InChI=1S/C14H16O2/c1-10-2-6-12(7-3-10)14(16)9-13(15)8-11-4-5-11/h2-3,6-7,11H,4-5,8-9H2,1H3. The number of carbonyl (C=O) groups is 2. The highest BCUT2D eigenvalue weighted by Gasteiger charge is 2.25. The van der Waals surface area contributed by atoms with Gasteiger partial charge >= 0.3 is 0 Å². The van der Waals surface area contributed by atoms with Gasteiger partial charge in [-0.1, -0.05) is 29.8 Å². The molecule has 2 nitrogen and oxygen atoms in total. The summed E-state index contributed by atoms with van der Waals surface area (Å²) >= 11 is 0. The quantitative estimate of drug-likeness (QED) is 0.560. The highest BCUT2D eigenvalue weighted by Crippen LogP contribution is 2.32. The van der Waals surface area contributed by atoms with Crippen LogP contribution in [0, 0.1) is 12.8 Å². The molecule has 0 aliphatic heterocycles. The van der Waals surface area contributed by atoms with Crippen LogP contribution in [0.3, 0.4) is 0 Å². The lowest BCUT2D eigenvalue weighted by atomic mass is 10.0. The van der Waals surface area contributed by atoms with E-state index in [2.05, 4.69) is 0 Å². The largest absolute Gasteiger partial charge is 0.299 e. The summed E-state index contributed by atoms with van der Waals surface area (Å²) in [5.41, 5.74) is 1.77. The van der Waals surface area contributed by atoms with E-state index < -0.39 is 0 Å². The number of hydrogen-bond donors (Lipinski definition) is 0. The van der Waals surface area contributed by atoms with Gasteiger partial charge in [-0.2, -0.15) is 0 Å². The van der Waals surface area contributed by atoms with Gasteiger partial charge in [0, 0.05) is 12.0 Å². The topological polar surface area (TPSA) is 34.1 Å². The van der Waals surface area contributed by atoms with Gasteiger partial charge in [-0.25, -0.2) is 0 Å². The van der Waals surface area contributed by atoms with Gasteiger partial charge in [0.2, 0.25) is 0 Å². The lowest BCUT2D eigenvalue weighted by Gasteiger charge is -2.01. The fraction of sp³-hybridized carbons (Fsp3) is 0.429. The fourth-order valence-electron chi connectivity index (χ4n) is 1.74. The monoisotopic (exact) mass is 216 g/mol. The number of rotatable bonds is 5. The van der Waals surface area contributed by atoms with Crippen molar-refractivity contribution >= 4 is 11.6 Å². The van der Waals surface area contributed by atoms with Crippen LogP contribution in [0.15, 0.2) is 24.3 Å². The van der Waals surface area contributed by atoms with Crippen molar-refractivity contribution in [3.63, 3.8) is 0 Å². The zero-order valence-electron chi connectivity index (χ0n) is 9.53. The highest BCUT2D eigenvalue weighted by molar-refractivity contribution is 6.08. The minimum atomic E-state index is -0.0503. The second kappa shape index (κ2) is 4.60. The maximum atomic E-state index is 11.7. The lowest BCUT2D eigenvalue weighted by molar-refractivity contribution is -0.118. The number of benzene rings is 1. The molecule has 0 heterocycles. The summed E-state index contributed by atoms with van der Waals surface area (Å²) in [6, 6.07) is 7.39. The van der Waals surface area contributed by atoms with Crippen LogP contribution in [0.5, 0.6) is 0 Å². The molecule has 84 valence electrons. The van der Waals surface area contributed by atoms with E-state index >= 15 is 0 Å². The van der Waals surface area contributed by atoms with Gasteiger partial charge in [0.05, 0.1) is 6.42 Å². The average molecular weight is 216 g/mol. The lowest BCUT2D eigenvalue weighted by Crippen LogP contribution is -2.08. The molecule has 2 rings (SSSR count). The Morgan fingerprint density at radius 2 is 1.81 bits per heavy atom. The first kappa shape index (κ1) is 11.1. The molecule has 0 amide bonds. The highest BCUT2D eigenvalue weighted by atomic mass is 16.1. The van der Waals surface area contributed by atoms with Crippen molar-refractivity contribution in [2.24, 2.45) is 5.92 Å². The number of aryl methyl sites for hydroxylation is 1. The number of carbonyl (C=O) groups excluding carboxylic acids is 2. The van der Waals surface area contributed by atoms with E-state index in [-0.39, 0.29) is 18.0 Å². The molecule has 16 heavy (non-hydrogen) atoms. The van der Waals surface area contributed by atoms with Crippen molar-refractivity contribution in [3.8, 4) is 0 Å². The van der Waals surface area contributed by atoms with Gasteiger partial charge in [0.1, 0.15) is 5.78 Å². The second-order valence-corrected chi connectivity index (χ2v) is 4.65. The molecular formula is C14H16O2. The normalized spacial score (nSPS) is 14.8. The summed E-state index contributed by atoms with van der Waals surface area (Å²) in [6.07, 6.45) is 2.98. The van der Waals surface area contributed by atoms with Crippen LogP contribution in [0.2, 0.25) is 0 Å². The van der Waals surface area contributed by atoms with Gasteiger partial charge < -0.3 is 0 Å². The molecule has 1 aliphatic carbocycles. The smallest absolute Gasteiger partial charge is 0.170 e. The van der Waals surface area contributed by atoms with Gasteiger partial charge in [0.15, 0.2) is 5.78 Å². The predicted molar refractivity (Wildman–Crippen MR) is 62.5 cm³/mol. The first-order valence-electron chi connectivity index (χ1n) is 5.77. The molecule has 1 saturated carbocycles. The molecule has 0 radical (unpaired) electrons. The first-order valence-corrected chi connectivity index (χ1v) is 5.77. The Morgan fingerprint density at radius 1 is 1.19 bits per heavy atom. The third-order valence-corrected chi connectivity index (χ3v) is 2.94. The number of Topliss-reactive ketones (excluding diaryl/α,β-unsaturated/α-hetero) is 2. The van der Waals surface area contributed by atoms with Gasteiger partial charge in [-0.3, -0.25) is 9.59 Å². The van der Waals surface area contributed by atoms with Gasteiger partial charge in [-0.15, -0.1) is 0 Å². The Labute approximate surface area is 95.7 Å². The van der Waals surface area contributed by atoms with Crippen molar-refractivity contribution in [1.82, 2.24) is 0 Å². The molecule has 0 saturated heterocycles. The van der Waals surface area contributed by atoms with Crippen LogP contribution in [0.4, 0.5) is 0 Å². The summed E-state index contributed by atoms with van der Waals surface area (Å²) in [4.78, 5) is 23.3. The maximum Gasteiger partial charge on any atom is 0.170 e. The van der Waals surface area contributed by atoms with Crippen LogP contribution in [0.25, 0.3) is 0 Å². The van der Waals surface area contributed by atoms with E-state index in [1.165, 1.54) is 0 Å². The number of hydrogen-bond acceptors (Lipinski definition) is 2. The van der Waals surface area contributed by atoms with Crippen molar-refractivity contribution in [1.29, 1.82) is 0 Å². The third-order valence-electron chi connectivity index (χ3n) is 2.94. The molecule has 1 aromatic rings. The van der Waals surface area contributed by atoms with Crippen LogP contribution in [-0.2, 0) is 4.79 Å². The first-order chi connectivity index (χ1) is 7.65. The van der Waals surface area contributed by atoms with Gasteiger partial charge in [0.25, 0.3) is 0 Å². The minimum Gasteiger partial charge on any atom is -0.299 e. The fourth-order valence-corrected chi connectivity index (χ4v) is 1.74. The SMILES string of the molecule is Cc1ccc(C(=O)CC(=O)CC2CC2)cc1. The van der Waals surface area contributed by atoms with E-state index in [9.17, 15) is 9.59 Å². The molecule has 0 bridgehead atoms.